The highest BCUT2D eigenvalue weighted by Gasteiger charge is 2.57. The van der Waals surface area contributed by atoms with E-state index in [1.807, 2.05) is 6.92 Å². The van der Waals surface area contributed by atoms with Crippen molar-refractivity contribution in [1.82, 2.24) is 0 Å². The van der Waals surface area contributed by atoms with Gasteiger partial charge in [0.25, 0.3) is 0 Å². The minimum absolute atomic E-state index is 0.130. The molecular formula is C20H28O4. The van der Waals surface area contributed by atoms with E-state index in [-0.39, 0.29) is 35.3 Å². The van der Waals surface area contributed by atoms with E-state index in [9.17, 15) is 9.59 Å². The van der Waals surface area contributed by atoms with Gasteiger partial charge in [-0.25, -0.2) is 4.79 Å². The van der Waals surface area contributed by atoms with Crippen molar-refractivity contribution in [3.05, 3.63) is 23.3 Å². The molecule has 0 bridgehead atoms. The van der Waals surface area contributed by atoms with Crippen molar-refractivity contribution in [2.45, 2.75) is 59.5 Å². The lowest BCUT2D eigenvalue weighted by molar-refractivity contribution is -0.162. The molecule has 0 aromatic rings. The van der Waals surface area contributed by atoms with E-state index in [0.29, 0.717) is 0 Å². The van der Waals surface area contributed by atoms with Gasteiger partial charge in [-0.15, -0.1) is 0 Å². The van der Waals surface area contributed by atoms with Crippen molar-refractivity contribution in [1.29, 1.82) is 0 Å². The van der Waals surface area contributed by atoms with Crippen molar-refractivity contribution in [3.63, 3.8) is 0 Å². The van der Waals surface area contributed by atoms with Crippen LogP contribution in [-0.4, -0.2) is 25.2 Å². The zero-order valence-corrected chi connectivity index (χ0v) is 15.3. The topological polar surface area (TPSA) is 52.6 Å². The van der Waals surface area contributed by atoms with Crippen molar-refractivity contribution < 1.29 is 19.1 Å². The maximum Gasteiger partial charge on any atom is 0.331 e. The minimum Gasteiger partial charge on any atom is -0.469 e. The SMILES string of the molecule is COC(=O)[C@]1(C)CCC[C@]2(C)C3=CC(=O)O[C@H](C(C)C)C3=CC[C@@H]12. The number of rotatable bonds is 2. The first-order chi connectivity index (χ1) is 11.2. The Bertz CT molecular complexity index is 630. The second-order valence-corrected chi connectivity index (χ2v) is 8.29. The summed E-state index contributed by atoms with van der Waals surface area (Å²) < 4.78 is 10.7. The van der Waals surface area contributed by atoms with Gasteiger partial charge in [0, 0.05) is 6.08 Å². The molecule has 0 amide bonds. The highest BCUT2D eigenvalue weighted by atomic mass is 16.5. The van der Waals surface area contributed by atoms with Gasteiger partial charge in [0.1, 0.15) is 6.10 Å². The zero-order valence-electron chi connectivity index (χ0n) is 15.3. The Labute approximate surface area is 144 Å². The van der Waals surface area contributed by atoms with E-state index < -0.39 is 5.41 Å². The molecule has 0 aromatic carbocycles. The van der Waals surface area contributed by atoms with Crippen LogP contribution >= 0.6 is 0 Å². The van der Waals surface area contributed by atoms with Crippen LogP contribution in [0.1, 0.15) is 53.4 Å². The zero-order chi connectivity index (χ0) is 17.7. The number of methoxy groups -OCH3 is 1. The molecular weight excluding hydrogens is 304 g/mol. The van der Waals surface area contributed by atoms with Gasteiger partial charge >= 0.3 is 11.9 Å². The van der Waals surface area contributed by atoms with Crippen LogP contribution in [0.4, 0.5) is 0 Å². The third kappa shape index (κ3) is 2.34. The van der Waals surface area contributed by atoms with Crippen LogP contribution < -0.4 is 0 Å². The minimum atomic E-state index is -0.501. The first-order valence-electron chi connectivity index (χ1n) is 8.95. The van der Waals surface area contributed by atoms with E-state index in [1.165, 1.54) is 7.11 Å². The summed E-state index contributed by atoms with van der Waals surface area (Å²) in [5, 5.41) is 0. The number of hydrogen-bond acceptors (Lipinski definition) is 4. The lowest BCUT2D eigenvalue weighted by Gasteiger charge is -2.55. The smallest absolute Gasteiger partial charge is 0.331 e. The second-order valence-electron chi connectivity index (χ2n) is 8.29. The number of esters is 2. The molecule has 3 rings (SSSR count). The summed E-state index contributed by atoms with van der Waals surface area (Å²) in [6, 6.07) is 0. The monoisotopic (exact) mass is 332 g/mol. The number of carbonyl (C=O) groups excluding carboxylic acids is 2. The summed E-state index contributed by atoms with van der Waals surface area (Å²) >= 11 is 0. The van der Waals surface area contributed by atoms with Crippen LogP contribution in [0.3, 0.4) is 0 Å². The number of carbonyl (C=O) groups is 2. The van der Waals surface area contributed by atoms with Gasteiger partial charge in [-0.3, -0.25) is 4.79 Å². The van der Waals surface area contributed by atoms with E-state index in [1.54, 1.807) is 6.08 Å². The van der Waals surface area contributed by atoms with Crippen molar-refractivity contribution in [3.8, 4) is 0 Å². The molecule has 4 heteroatoms. The number of fused-ring (bicyclic) bond motifs is 3. The Morgan fingerprint density at radius 1 is 1.33 bits per heavy atom. The molecule has 1 aliphatic heterocycles. The first-order valence-corrected chi connectivity index (χ1v) is 8.95. The number of cyclic esters (lactones) is 1. The summed E-state index contributed by atoms with van der Waals surface area (Å²) in [6.07, 6.45) is 7.31. The van der Waals surface area contributed by atoms with Crippen LogP contribution in [0.2, 0.25) is 0 Å². The summed E-state index contributed by atoms with van der Waals surface area (Å²) in [7, 11) is 1.47. The second kappa shape index (κ2) is 5.75. The van der Waals surface area contributed by atoms with Crippen LogP contribution in [-0.2, 0) is 19.1 Å². The Morgan fingerprint density at radius 3 is 2.67 bits per heavy atom. The van der Waals surface area contributed by atoms with E-state index in [2.05, 4.69) is 26.8 Å². The van der Waals surface area contributed by atoms with Gasteiger partial charge in [0.2, 0.25) is 0 Å². The summed E-state index contributed by atoms with van der Waals surface area (Å²) in [5.74, 6) is 0.00211. The summed E-state index contributed by atoms with van der Waals surface area (Å²) in [5.41, 5.74) is 1.55. The summed E-state index contributed by atoms with van der Waals surface area (Å²) in [6.45, 7) is 8.40. The molecule has 0 N–H and O–H groups in total. The number of hydrogen-bond donors (Lipinski definition) is 0. The van der Waals surface area contributed by atoms with Crippen molar-refractivity contribution in [2.24, 2.45) is 22.7 Å². The molecule has 1 heterocycles. The lowest BCUT2D eigenvalue weighted by Crippen LogP contribution is -2.52. The molecule has 0 spiro atoms. The predicted molar refractivity (Wildman–Crippen MR) is 91.1 cm³/mol. The van der Waals surface area contributed by atoms with E-state index in [0.717, 1.165) is 36.8 Å². The molecule has 132 valence electrons. The molecule has 1 fully saturated rings. The third-order valence-corrected chi connectivity index (χ3v) is 6.50. The average molecular weight is 332 g/mol. The van der Waals surface area contributed by atoms with Crippen molar-refractivity contribution in [2.75, 3.05) is 7.11 Å². The number of allylic oxidation sites excluding steroid dienone is 1. The molecule has 4 atom stereocenters. The molecule has 24 heavy (non-hydrogen) atoms. The van der Waals surface area contributed by atoms with Crippen LogP contribution in [0.15, 0.2) is 23.3 Å². The highest BCUT2D eigenvalue weighted by Crippen LogP contribution is 2.61. The van der Waals surface area contributed by atoms with Gasteiger partial charge in [-0.05, 0) is 54.6 Å². The van der Waals surface area contributed by atoms with Crippen LogP contribution in [0, 0.1) is 22.7 Å². The molecule has 0 unspecified atom stereocenters. The molecule has 0 radical (unpaired) electrons. The standard InChI is InChI=1S/C20H28O4/c1-12(2)17-13-7-8-15-19(3,14(13)11-16(21)24-17)9-6-10-20(15,4)18(22)23-5/h7,11-12,15,17H,6,8-10H2,1-5H3/t15-,17-,19-,20-/m1/s1. The number of ether oxygens (including phenoxy) is 2. The Morgan fingerprint density at radius 2 is 2.04 bits per heavy atom. The van der Waals surface area contributed by atoms with Crippen LogP contribution in [0.25, 0.3) is 0 Å². The molecule has 4 nitrogen and oxygen atoms in total. The average Bonchev–Trinajstić information content (AvgIpc) is 2.53. The van der Waals surface area contributed by atoms with E-state index in [4.69, 9.17) is 9.47 Å². The Kier molecular flexibility index (Phi) is 4.13. The predicted octanol–water partition coefficient (Wildman–Crippen LogP) is 3.81. The highest BCUT2D eigenvalue weighted by molar-refractivity contribution is 5.87. The molecule has 1 saturated carbocycles. The largest absolute Gasteiger partial charge is 0.469 e. The lowest BCUT2D eigenvalue weighted by atomic mass is 9.49. The first kappa shape index (κ1) is 17.2. The van der Waals surface area contributed by atoms with E-state index >= 15 is 0 Å². The molecule has 0 saturated heterocycles. The Hall–Kier alpha value is -1.58. The van der Waals surface area contributed by atoms with Gasteiger partial charge < -0.3 is 9.47 Å². The van der Waals surface area contributed by atoms with Gasteiger partial charge in [0.05, 0.1) is 12.5 Å². The van der Waals surface area contributed by atoms with Crippen molar-refractivity contribution >= 4 is 11.9 Å². The molecule has 3 aliphatic rings. The fourth-order valence-corrected chi connectivity index (χ4v) is 5.23. The maximum absolute atomic E-state index is 12.5. The fourth-order valence-electron chi connectivity index (χ4n) is 5.23. The molecule has 0 aromatic heterocycles. The summed E-state index contributed by atoms with van der Waals surface area (Å²) in [4.78, 5) is 24.7. The quantitative estimate of drug-likeness (QED) is 0.722. The molecule has 2 aliphatic carbocycles. The van der Waals surface area contributed by atoms with Gasteiger partial charge in [0.15, 0.2) is 0 Å². The Balaban J connectivity index is 2.10. The third-order valence-electron chi connectivity index (χ3n) is 6.50. The van der Waals surface area contributed by atoms with Gasteiger partial charge in [-0.1, -0.05) is 33.3 Å². The van der Waals surface area contributed by atoms with Gasteiger partial charge in [-0.2, -0.15) is 0 Å². The van der Waals surface area contributed by atoms with Crippen LogP contribution in [0.5, 0.6) is 0 Å². The normalized spacial score (nSPS) is 38.5. The fraction of sp³-hybridized carbons (Fsp3) is 0.700. The maximum atomic E-state index is 12.5.